The Kier molecular flexibility index (Phi) is 6.75. The van der Waals surface area contributed by atoms with E-state index in [-0.39, 0.29) is 23.7 Å². The molecule has 7 heteroatoms. The van der Waals surface area contributed by atoms with Gasteiger partial charge in [-0.3, -0.25) is 9.78 Å². The third-order valence-corrected chi connectivity index (χ3v) is 5.88. The summed E-state index contributed by atoms with van der Waals surface area (Å²) in [5, 5.41) is 2.93. The summed E-state index contributed by atoms with van der Waals surface area (Å²) < 4.78 is 24.1. The predicted molar refractivity (Wildman–Crippen MR) is 121 cm³/mol. The summed E-state index contributed by atoms with van der Waals surface area (Å²) in [5.74, 6) is 0.676. The zero-order valence-corrected chi connectivity index (χ0v) is 18.2. The monoisotopic (exact) mass is 435 g/mol. The molecular formula is C25H26FN3O3. The van der Waals surface area contributed by atoms with E-state index in [0.717, 1.165) is 42.6 Å². The Balaban J connectivity index is 1.63. The van der Waals surface area contributed by atoms with Crippen LogP contribution in [-0.2, 0) is 9.53 Å². The number of nitrogens with one attached hydrogen (secondary N) is 1. The van der Waals surface area contributed by atoms with Crippen molar-refractivity contribution in [2.75, 3.05) is 19.5 Å². The van der Waals surface area contributed by atoms with Gasteiger partial charge in [0.15, 0.2) is 5.82 Å². The number of ether oxygens (including phenoxy) is 2. The van der Waals surface area contributed by atoms with Gasteiger partial charge in [-0.15, -0.1) is 0 Å². The molecule has 1 saturated carbocycles. The van der Waals surface area contributed by atoms with Crippen LogP contribution >= 0.6 is 0 Å². The van der Waals surface area contributed by atoms with Crippen LogP contribution in [-0.4, -0.2) is 36.2 Å². The second-order valence-corrected chi connectivity index (χ2v) is 7.89. The smallest absolute Gasteiger partial charge is 0.228 e. The fourth-order valence-electron chi connectivity index (χ4n) is 4.01. The average Bonchev–Trinajstić information content (AvgIpc) is 2.84. The topological polar surface area (TPSA) is 73.3 Å². The summed E-state index contributed by atoms with van der Waals surface area (Å²) in [4.78, 5) is 22.1. The molecule has 6 nitrogen and oxygen atoms in total. The Morgan fingerprint density at radius 2 is 1.56 bits per heavy atom. The van der Waals surface area contributed by atoms with Gasteiger partial charge >= 0.3 is 0 Å². The van der Waals surface area contributed by atoms with Crippen LogP contribution < -0.4 is 10.1 Å². The number of rotatable bonds is 6. The number of benzene rings is 2. The van der Waals surface area contributed by atoms with Crippen LogP contribution in [0, 0.1) is 11.7 Å². The van der Waals surface area contributed by atoms with Gasteiger partial charge in [-0.05, 0) is 74.2 Å². The summed E-state index contributed by atoms with van der Waals surface area (Å²) >= 11 is 0. The summed E-state index contributed by atoms with van der Waals surface area (Å²) in [5.41, 5.74) is 2.75. The molecule has 0 bridgehead atoms. The van der Waals surface area contributed by atoms with Crippen LogP contribution in [0.4, 0.5) is 10.2 Å². The van der Waals surface area contributed by atoms with Crippen LogP contribution in [0.2, 0.25) is 0 Å². The van der Waals surface area contributed by atoms with Gasteiger partial charge in [-0.25, -0.2) is 9.37 Å². The van der Waals surface area contributed by atoms with Gasteiger partial charge in [0, 0.05) is 24.2 Å². The molecule has 0 aliphatic heterocycles. The molecule has 0 unspecified atom stereocenters. The fourth-order valence-corrected chi connectivity index (χ4v) is 4.01. The third-order valence-electron chi connectivity index (χ3n) is 5.88. The number of carbonyl (C=O) groups is 1. The number of halogens is 1. The number of methoxy groups -OCH3 is 2. The van der Waals surface area contributed by atoms with E-state index in [1.807, 2.05) is 24.3 Å². The van der Waals surface area contributed by atoms with Gasteiger partial charge in [-0.2, -0.15) is 0 Å². The van der Waals surface area contributed by atoms with Gasteiger partial charge in [0.05, 0.1) is 30.8 Å². The van der Waals surface area contributed by atoms with Crippen molar-refractivity contribution in [3.8, 4) is 28.3 Å². The van der Waals surface area contributed by atoms with Crippen molar-refractivity contribution in [1.82, 2.24) is 9.97 Å². The van der Waals surface area contributed by atoms with E-state index in [1.54, 1.807) is 32.5 Å². The molecule has 1 aliphatic rings. The van der Waals surface area contributed by atoms with Crippen molar-refractivity contribution in [2.45, 2.75) is 31.8 Å². The average molecular weight is 435 g/mol. The van der Waals surface area contributed by atoms with Gasteiger partial charge in [-0.1, -0.05) is 0 Å². The quantitative estimate of drug-likeness (QED) is 0.583. The molecule has 1 heterocycles. The molecule has 2 aromatic carbocycles. The zero-order chi connectivity index (χ0) is 22.5. The van der Waals surface area contributed by atoms with Crippen LogP contribution in [0.25, 0.3) is 22.5 Å². The first-order chi connectivity index (χ1) is 15.6. The molecule has 0 spiro atoms. The normalized spacial score (nSPS) is 18.2. The molecule has 0 atom stereocenters. The van der Waals surface area contributed by atoms with E-state index in [2.05, 4.69) is 10.3 Å². The largest absolute Gasteiger partial charge is 0.497 e. The van der Waals surface area contributed by atoms with Gasteiger partial charge < -0.3 is 14.8 Å². The number of hydrogen-bond acceptors (Lipinski definition) is 5. The van der Waals surface area contributed by atoms with E-state index < -0.39 is 0 Å². The van der Waals surface area contributed by atoms with E-state index in [9.17, 15) is 9.18 Å². The SMILES string of the molecule is COc1ccc(-c2nc(NC(=O)C3CCC(OC)CC3)cnc2-c2ccc(F)cc2)cc1. The number of amides is 1. The Morgan fingerprint density at radius 3 is 2.19 bits per heavy atom. The van der Waals surface area contributed by atoms with Gasteiger partial charge in [0.1, 0.15) is 11.6 Å². The van der Waals surface area contributed by atoms with E-state index in [0.29, 0.717) is 17.2 Å². The van der Waals surface area contributed by atoms with Crippen molar-refractivity contribution in [1.29, 1.82) is 0 Å². The first-order valence-corrected chi connectivity index (χ1v) is 10.7. The Hall–Kier alpha value is -3.32. The molecule has 1 N–H and O–H groups in total. The van der Waals surface area contributed by atoms with Crippen molar-refractivity contribution in [3.05, 3.63) is 60.5 Å². The lowest BCUT2D eigenvalue weighted by atomic mass is 9.87. The zero-order valence-electron chi connectivity index (χ0n) is 18.2. The Morgan fingerprint density at radius 1 is 0.938 bits per heavy atom. The minimum Gasteiger partial charge on any atom is -0.497 e. The van der Waals surface area contributed by atoms with Crippen LogP contribution in [0.3, 0.4) is 0 Å². The fraction of sp³-hybridized carbons (Fsp3) is 0.320. The number of anilines is 1. The van der Waals surface area contributed by atoms with E-state index in [1.165, 1.54) is 12.1 Å². The lowest BCUT2D eigenvalue weighted by molar-refractivity contribution is -0.121. The first-order valence-electron chi connectivity index (χ1n) is 10.7. The first kappa shape index (κ1) is 21.9. The Labute approximate surface area is 186 Å². The summed E-state index contributed by atoms with van der Waals surface area (Å²) in [7, 11) is 3.32. The molecule has 0 radical (unpaired) electrons. The highest BCUT2D eigenvalue weighted by Crippen LogP contribution is 2.32. The molecule has 32 heavy (non-hydrogen) atoms. The maximum atomic E-state index is 13.4. The molecular weight excluding hydrogens is 409 g/mol. The molecule has 0 saturated heterocycles. The standard InChI is InChI=1S/C25H26FN3O3/c1-31-20-11-5-17(6-12-20)24-23(16-3-9-19(26)10-4-16)27-15-22(28-24)29-25(30)18-7-13-21(32-2)14-8-18/h3-6,9-12,15,18,21H,7-8,13-14H2,1-2H3,(H,28,29,30). The second kappa shape index (κ2) is 9.87. The molecule has 1 aliphatic carbocycles. The number of nitrogens with zero attached hydrogens (tertiary/aromatic N) is 2. The minimum absolute atomic E-state index is 0.0518. The molecule has 4 rings (SSSR count). The van der Waals surface area contributed by atoms with Crippen molar-refractivity contribution >= 4 is 11.7 Å². The van der Waals surface area contributed by atoms with Crippen LogP contribution in [0.1, 0.15) is 25.7 Å². The van der Waals surface area contributed by atoms with E-state index in [4.69, 9.17) is 14.5 Å². The molecule has 166 valence electrons. The second-order valence-electron chi connectivity index (χ2n) is 7.89. The summed E-state index contributed by atoms with van der Waals surface area (Å²) in [6.07, 6.45) is 5.11. The highest BCUT2D eigenvalue weighted by atomic mass is 19.1. The van der Waals surface area contributed by atoms with Crippen LogP contribution in [0.15, 0.2) is 54.7 Å². The third kappa shape index (κ3) is 4.94. The van der Waals surface area contributed by atoms with Crippen molar-refractivity contribution in [3.63, 3.8) is 0 Å². The van der Waals surface area contributed by atoms with Crippen molar-refractivity contribution < 1.29 is 18.7 Å². The predicted octanol–water partition coefficient (Wildman–Crippen LogP) is 5.10. The number of carbonyl (C=O) groups excluding carboxylic acids is 1. The molecule has 1 amide bonds. The van der Waals surface area contributed by atoms with Crippen molar-refractivity contribution in [2.24, 2.45) is 5.92 Å². The van der Waals surface area contributed by atoms with Gasteiger partial charge in [0.25, 0.3) is 0 Å². The highest BCUT2D eigenvalue weighted by molar-refractivity contribution is 5.92. The molecule has 1 aromatic heterocycles. The molecule has 3 aromatic rings. The van der Waals surface area contributed by atoms with E-state index >= 15 is 0 Å². The maximum Gasteiger partial charge on any atom is 0.228 e. The summed E-state index contributed by atoms with van der Waals surface area (Å²) in [6, 6.07) is 13.6. The lowest BCUT2D eigenvalue weighted by Crippen LogP contribution is -2.29. The minimum atomic E-state index is -0.320. The summed E-state index contributed by atoms with van der Waals surface area (Å²) in [6.45, 7) is 0. The van der Waals surface area contributed by atoms with Crippen LogP contribution in [0.5, 0.6) is 5.75 Å². The Bertz CT molecular complexity index is 1060. The highest BCUT2D eigenvalue weighted by Gasteiger charge is 2.26. The number of aromatic nitrogens is 2. The maximum absolute atomic E-state index is 13.4. The molecule has 1 fully saturated rings. The number of hydrogen-bond donors (Lipinski definition) is 1. The van der Waals surface area contributed by atoms with Gasteiger partial charge in [0.2, 0.25) is 5.91 Å². The lowest BCUT2D eigenvalue weighted by Gasteiger charge is -2.26.